The summed E-state index contributed by atoms with van der Waals surface area (Å²) in [5, 5.41) is 8.98. The number of aromatic nitrogens is 2. The lowest BCUT2D eigenvalue weighted by molar-refractivity contribution is 0.0690. The summed E-state index contributed by atoms with van der Waals surface area (Å²) < 4.78 is 1.94. The largest absolute Gasteiger partial charge is 0.476 e. The first-order valence-corrected chi connectivity index (χ1v) is 6.72. The zero-order valence-corrected chi connectivity index (χ0v) is 10.9. The Morgan fingerprint density at radius 3 is 2.56 bits per heavy atom. The highest BCUT2D eigenvalue weighted by atomic mass is 16.4. The number of hydrogen-bond donors (Lipinski definition) is 1. The predicted octanol–water partition coefficient (Wildman–Crippen LogP) is 1.98. The summed E-state index contributed by atoms with van der Waals surface area (Å²) in [5.74, 6) is -0.0730. The van der Waals surface area contributed by atoms with Crippen molar-refractivity contribution in [2.24, 2.45) is 0 Å². The van der Waals surface area contributed by atoms with Crippen LogP contribution in [-0.4, -0.2) is 38.6 Å². The average molecular weight is 251 g/mol. The topological polar surface area (TPSA) is 58.4 Å². The lowest BCUT2D eigenvalue weighted by Gasteiger charge is -2.19. The maximum absolute atomic E-state index is 10.9. The van der Waals surface area contributed by atoms with Gasteiger partial charge in [0.2, 0.25) is 0 Å². The molecule has 1 aliphatic heterocycles. The van der Waals surface area contributed by atoms with Crippen LogP contribution in [0.25, 0.3) is 0 Å². The first-order valence-electron chi connectivity index (χ1n) is 6.72. The van der Waals surface area contributed by atoms with E-state index in [4.69, 9.17) is 5.11 Å². The van der Waals surface area contributed by atoms with Crippen molar-refractivity contribution in [3.05, 3.63) is 17.7 Å². The molecule has 1 aromatic rings. The maximum atomic E-state index is 10.9. The van der Waals surface area contributed by atoms with Gasteiger partial charge in [-0.05, 0) is 32.9 Å². The SMILES string of the molecule is CCn1cc(C(=O)O)nc1CN1CCCCCC1. The van der Waals surface area contributed by atoms with Gasteiger partial charge in [0.05, 0.1) is 6.54 Å². The Morgan fingerprint density at radius 2 is 2.00 bits per heavy atom. The minimum atomic E-state index is -0.945. The maximum Gasteiger partial charge on any atom is 0.356 e. The molecule has 1 N–H and O–H groups in total. The van der Waals surface area contributed by atoms with Gasteiger partial charge in [0, 0.05) is 12.7 Å². The van der Waals surface area contributed by atoms with E-state index in [1.54, 1.807) is 6.20 Å². The van der Waals surface area contributed by atoms with Crippen molar-refractivity contribution in [1.82, 2.24) is 14.5 Å². The number of nitrogens with zero attached hydrogens (tertiary/aromatic N) is 3. The van der Waals surface area contributed by atoms with Crippen LogP contribution in [-0.2, 0) is 13.1 Å². The molecule has 1 saturated heterocycles. The third-order valence-electron chi connectivity index (χ3n) is 3.48. The van der Waals surface area contributed by atoms with E-state index in [-0.39, 0.29) is 5.69 Å². The van der Waals surface area contributed by atoms with E-state index in [1.807, 2.05) is 11.5 Å². The van der Waals surface area contributed by atoms with E-state index in [2.05, 4.69) is 9.88 Å². The van der Waals surface area contributed by atoms with Gasteiger partial charge in [0.25, 0.3) is 0 Å². The Bertz CT molecular complexity index is 406. The van der Waals surface area contributed by atoms with Gasteiger partial charge >= 0.3 is 5.97 Å². The van der Waals surface area contributed by atoms with Crippen LogP contribution in [0.1, 0.15) is 48.9 Å². The third kappa shape index (κ3) is 3.10. The fourth-order valence-electron chi connectivity index (χ4n) is 2.45. The molecule has 1 aliphatic rings. The molecule has 5 heteroatoms. The van der Waals surface area contributed by atoms with Crippen LogP contribution < -0.4 is 0 Å². The molecule has 2 heterocycles. The van der Waals surface area contributed by atoms with Crippen LogP contribution in [0.2, 0.25) is 0 Å². The van der Waals surface area contributed by atoms with Crippen molar-refractivity contribution in [2.75, 3.05) is 13.1 Å². The molecule has 0 spiro atoms. The first kappa shape index (κ1) is 13.1. The first-order chi connectivity index (χ1) is 8.70. The van der Waals surface area contributed by atoms with Crippen molar-refractivity contribution >= 4 is 5.97 Å². The summed E-state index contributed by atoms with van der Waals surface area (Å²) in [6, 6.07) is 0. The van der Waals surface area contributed by atoms with Gasteiger partial charge in [-0.2, -0.15) is 0 Å². The third-order valence-corrected chi connectivity index (χ3v) is 3.48. The van der Waals surface area contributed by atoms with Gasteiger partial charge in [-0.15, -0.1) is 0 Å². The van der Waals surface area contributed by atoms with Gasteiger partial charge in [-0.1, -0.05) is 12.8 Å². The molecule has 100 valence electrons. The molecule has 1 aromatic heterocycles. The molecule has 5 nitrogen and oxygen atoms in total. The second kappa shape index (κ2) is 6.00. The van der Waals surface area contributed by atoms with E-state index < -0.39 is 5.97 Å². The highest BCUT2D eigenvalue weighted by Crippen LogP contribution is 2.13. The minimum absolute atomic E-state index is 0.154. The van der Waals surface area contributed by atoms with E-state index in [0.29, 0.717) is 0 Å². The Morgan fingerprint density at radius 1 is 1.33 bits per heavy atom. The number of carbonyl (C=O) groups is 1. The number of aromatic carboxylic acids is 1. The Balaban J connectivity index is 2.09. The van der Waals surface area contributed by atoms with Crippen LogP contribution in [0.3, 0.4) is 0 Å². The number of imidazole rings is 1. The Kier molecular flexibility index (Phi) is 4.36. The number of likely N-dealkylation sites (tertiary alicyclic amines) is 1. The zero-order valence-electron chi connectivity index (χ0n) is 10.9. The lowest BCUT2D eigenvalue weighted by Crippen LogP contribution is -2.25. The smallest absolute Gasteiger partial charge is 0.356 e. The molecule has 0 aromatic carbocycles. The molecule has 0 saturated carbocycles. The molecule has 1 fully saturated rings. The minimum Gasteiger partial charge on any atom is -0.476 e. The van der Waals surface area contributed by atoms with Gasteiger partial charge in [-0.25, -0.2) is 9.78 Å². The Labute approximate surface area is 107 Å². The highest BCUT2D eigenvalue weighted by Gasteiger charge is 2.16. The summed E-state index contributed by atoms with van der Waals surface area (Å²) >= 11 is 0. The van der Waals surface area contributed by atoms with Crippen molar-refractivity contribution in [3.8, 4) is 0 Å². The summed E-state index contributed by atoms with van der Waals surface area (Å²) in [7, 11) is 0. The van der Waals surface area contributed by atoms with Crippen LogP contribution in [0.4, 0.5) is 0 Å². The fourth-order valence-corrected chi connectivity index (χ4v) is 2.45. The average Bonchev–Trinajstić information content (AvgIpc) is 2.58. The normalized spacial score (nSPS) is 17.6. The molecular weight excluding hydrogens is 230 g/mol. The fraction of sp³-hybridized carbons (Fsp3) is 0.692. The van der Waals surface area contributed by atoms with E-state index in [1.165, 1.54) is 25.7 Å². The van der Waals surface area contributed by atoms with Crippen molar-refractivity contribution < 1.29 is 9.90 Å². The second-order valence-corrected chi connectivity index (χ2v) is 4.82. The zero-order chi connectivity index (χ0) is 13.0. The summed E-state index contributed by atoms with van der Waals surface area (Å²) in [6.45, 7) is 5.74. The summed E-state index contributed by atoms with van der Waals surface area (Å²) in [6.07, 6.45) is 6.71. The number of carboxylic acid groups (broad SMARTS) is 1. The Hall–Kier alpha value is -1.36. The van der Waals surface area contributed by atoms with Crippen molar-refractivity contribution in [2.45, 2.75) is 45.7 Å². The van der Waals surface area contributed by atoms with Crippen molar-refractivity contribution in [1.29, 1.82) is 0 Å². The van der Waals surface area contributed by atoms with Crippen molar-refractivity contribution in [3.63, 3.8) is 0 Å². The van der Waals surface area contributed by atoms with Crippen LogP contribution in [0.15, 0.2) is 6.20 Å². The quantitative estimate of drug-likeness (QED) is 0.889. The van der Waals surface area contributed by atoms with Gasteiger partial charge in [0.1, 0.15) is 5.82 Å². The lowest BCUT2D eigenvalue weighted by atomic mass is 10.2. The summed E-state index contributed by atoms with van der Waals surface area (Å²) in [5.41, 5.74) is 0.154. The van der Waals surface area contributed by atoms with Gasteiger partial charge in [-0.3, -0.25) is 4.90 Å². The van der Waals surface area contributed by atoms with Crippen LogP contribution in [0, 0.1) is 0 Å². The van der Waals surface area contributed by atoms with E-state index in [9.17, 15) is 4.79 Å². The molecular formula is C13H21N3O2. The molecule has 0 bridgehead atoms. The molecule has 0 radical (unpaired) electrons. The molecule has 0 aliphatic carbocycles. The molecule has 0 unspecified atom stereocenters. The number of hydrogen-bond acceptors (Lipinski definition) is 3. The second-order valence-electron chi connectivity index (χ2n) is 4.82. The van der Waals surface area contributed by atoms with Gasteiger partial charge in [0.15, 0.2) is 5.69 Å². The molecule has 0 amide bonds. The number of rotatable bonds is 4. The molecule has 2 rings (SSSR count). The summed E-state index contributed by atoms with van der Waals surface area (Å²) in [4.78, 5) is 17.5. The monoisotopic (exact) mass is 251 g/mol. The number of carboxylic acids is 1. The predicted molar refractivity (Wildman–Crippen MR) is 68.6 cm³/mol. The van der Waals surface area contributed by atoms with Crippen LogP contribution >= 0.6 is 0 Å². The number of aryl methyl sites for hydroxylation is 1. The van der Waals surface area contributed by atoms with Gasteiger partial charge < -0.3 is 9.67 Å². The standard InChI is InChI=1S/C13H21N3O2/c1-2-16-9-11(13(17)18)14-12(16)10-15-7-5-3-4-6-8-15/h9H,2-8,10H2,1H3,(H,17,18). The van der Waals surface area contributed by atoms with Crippen LogP contribution in [0.5, 0.6) is 0 Å². The van der Waals surface area contributed by atoms with E-state index >= 15 is 0 Å². The van der Waals surface area contributed by atoms with E-state index in [0.717, 1.165) is 32.0 Å². The highest BCUT2D eigenvalue weighted by molar-refractivity contribution is 5.85. The molecule has 18 heavy (non-hydrogen) atoms. The molecule has 0 atom stereocenters.